The van der Waals surface area contributed by atoms with E-state index in [1.807, 2.05) is 0 Å². The van der Waals surface area contributed by atoms with Gasteiger partial charge in [0.05, 0.1) is 6.61 Å². The van der Waals surface area contributed by atoms with Crippen molar-refractivity contribution < 1.29 is 14.2 Å². The minimum Gasteiger partial charge on any atom is -0.484 e. The first-order valence-electron chi connectivity index (χ1n) is 6.05. The molecule has 3 nitrogen and oxygen atoms in total. The molecule has 0 radical (unpaired) electrons. The summed E-state index contributed by atoms with van der Waals surface area (Å²) in [6.07, 6.45) is -0.527. The minimum atomic E-state index is -0.527. The SMILES string of the molecule is NCC(Oc1ccc(CO)cc1)c1ccccc1F. The molecule has 0 heterocycles. The smallest absolute Gasteiger partial charge is 0.139 e. The molecule has 1 atom stereocenters. The van der Waals surface area contributed by atoms with Crippen LogP contribution in [0.5, 0.6) is 5.75 Å². The molecule has 3 N–H and O–H groups in total. The van der Waals surface area contributed by atoms with Crippen LogP contribution in [0.2, 0.25) is 0 Å². The summed E-state index contributed by atoms with van der Waals surface area (Å²) in [7, 11) is 0. The zero-order valence-electron chi connectivity index (χ0n) is 10.4. The molecule has 0 aliphatic heterocycles. The van der Waals surface area contributed by atoms with Crippen LogP contribution in [0.1, 0.15) is 17.2 Å². The molecule has 0 saturated carbocycles. The van der Waals surface area contributed by atoms with Crippen LogP contribution in [0.15, 0.2) is 48.5 Å². The highest BCUT2D eigenvalue weighted by molar-refractivity contribution is 5.29. The van der Waals surface area contributed by atoms with Crippen molar-refractivity contribution in [2.45, 2.75) is 12.7 Å². The van der Waals surface area contributed by atoms with Crippen molar-refractivity contribution in [3.63, 3.8) is 0 Å². The van der Waals surface area contributed by atoms with Gasteiger partial charge in [0.25, 0.3) is 0 Å². The number of hydrogen-bond donors (Lipinski definition) is 2. The predicted molar refractivity (Wildman–Crippen MR) is 71.2 cm³/mol. The summed E-state index contributed by atoms with van der Waals surface area (Å²) in [5.74, 6) is 0.265. The fourth-order valence-electron chi connectivity index (χ4n) is 1.81. The van der Waals surface area contributed by atoms with Crippen LogP contribution >= 0.6 is 0 Å². The highest BCUT2D eigenvalue weighted by Crippen LogP contribution is 2.23. The van der Waals surface area contributed by atoms with Crippen molar-refractivity contribution >= 4 is 0 Å². The van der Waals surface area contributed by atoms with Crippen LogP contribution in [0.3, 0.4) is 0 Å². The van der Waals surface area contributed by atoms with Crippen LogP contribution in [0, 0.1) is 5.82 Å². The third kappa shape index (κ3) is 3.30. The van der Waals surface area contributed by atoms with Crippen LogP contribution in [0.4, 0.5) is 4.39 Å². The molecular formula is C15H16FNO2. The molecule has 100 valence electrons. The van der Waals surface area contributed by atoms with Crippen molar-refractivity contribution in [1.29, 1.82) is 0 Å². The van der Waals surface area contributed by atoms with Crippen LogP contribution in [0.25, 0.3) is 0 Å². The number of aliphatic hydroxyl groups excluding tert-OH is 1. The maximum absolute atomic E-state index is 13.7. The lowest BCUT2D eigenvalue weighted by Crippen LogP contribution is -2.19. The molecule has 0 saturated heterocycles. The monoisotopic (exact) mass is 261 g/mol. The summed E-state index contributed by atoms with van der Waals surface area (Å²) in [5, 5.41) is 8.96. The second-order valence-corrected chi connectivity index (χ2v) is 4.17. The first-order chi connectivity index (χ1) is 9.24. The first kappa shape index (κ1) is 13.5. The Morgan fingerprint density at radius 1 is 1.11 bits per heavy atom. The summed E-state index contributed by atoms with van der Waals surface area (Å²) in [6.45, 7) is 0.163. The van der Waals surface area contributed by atoms with Crippen LogP contribution in [-0.2, 0) is 6.61 Å². The number of rotatable bonds is 5. The van der Waals surface area contributed by atoms with Crippen molar-refractivity contribution in [2.75, 3.05) is 6.54 Å². The summed E-state index contributed by atoms with van der Waals surface area (Å²) < 4.78 is 19.4. The topological polar surface area (TPSA) is 55.5 Å². The van der Waals surface area contributed by atoms with Crippen molar-refractivity contribution in [3.8, 4) is 5.75 Å². The summed E-state index contributed by atoms with van der Waals surface area (Å²) in [5.41, 5.74) is 6.88. The van der Waals surface area contributed by atoms with Gasteiger partial charge in [0, 0.05) is 12.1 Å². The Hall–Kier alpha value is -1.91. The van der Waals surface area contributed by atoms with Crippen molar-refractivity contribution in [1.82, 2.24) is 0 Å². The van der Waals surface area contributed by atoms with Crippen LogP contribution in [-0.4, -0.2) is 11.7 Å². The Morgan fingerprint density at radius 2 is 1.79 bits per heavy atom. The van der Waals surface area contributed by atoms with Gasteiger partial charge in [-0.2, -0.15) is 0 Å². The van der Waals surface area contributed by atoms with Gasteiger partial charge in [0.2, 0.25) is 0 Å². The number of aliphatic hydroxyl groups is 1. The number of nitrogens with two attached hydrogens (primary N) is 1. The molecule has 2 aromatic carbocycles. The zero-order chi connectivity index (χ0) is 13.7. The van der Waals surface area contributed by atoms with Gasteiger partial charge in [-0.1, -0.05) is 30.3 Å². The fourth-order valence-corrected chi connectivity index (χ4v) is 1.81. The summed E-state index contributed by atoms with van der Waals surface area (Å²) in [4.78, 5) is 0. The number of ether oxygens (including phenoxy) is 1. The van der Waals surface area contributed by atoms with Crippen molar-refractivity contribution in [2.24, 2.45) is 5.73 Å². The first-order valence-corrected chi connectivity index (χ1v) is 6.05. The molecule has 19 heavy (non-hydrogen) atoms. The molecule has 0 amide bonds. The summed E-state index contributed by atoms with van der Waals surface area (Å²) in [6, 6.07) is 13.4. The van der Waals surface area contributed by atoms with Crippen molar-refractivity contribution in [3.05, 3.63) is 65.5 Å². The zero-order valence-corrected chi connectivity index (χ0v) is 10.4. The van der Waals surface area contributed by atoms with E-state index < -0.39 is 6.10 Å². The van der Waals surface area contributed by atoms with E-state index >= 15 is 0 Å². The van der Waals surface area contributed by atoms with E-state index in [1.165, 1.54) is 6.07 Å². The predicted octanol–water partition coefficient (Wildman–Crippen LogP) is 2.40. The molecule has 0 bridgehead atoms. The largest absolute Gasteiger partial charge is 0.484 e. The number of benzene rings is 2. The second kappa shape index (κ2) is 6.31. The van der Waals surface area contributed by atoms with Gasteiger partial charge >= 0.3 is 0 Å². The van der Waals surface area contributed by atoms with Gasteiger partial charge in [0.15, 0.2) is 0 Å². The Kier molecular flexibility index (Phi) is 4.49. The Labute approximate surface area is 111 Å². The summed E-state index contributed by atoms with van der Waals surface area (Å²) >= 11 is 0. The maximum Gasteiger partial charge on any atom is 0.139 e. The third-order valence-corrected chi connectivity index (χ3v) is 2.85. The molecule has 0 aromatic heterocycles. The molecule has 0 aliphatic carbocycles. The van der Waals surface area contributed by atoms with Gasteiger partial charge in [0.1, 0.15) is 17.7 Å². The minimum absolute atomic E-state index is 0.0199. The Bertz CT molecular complexity index is 528. The average molecular weight is 261 g/mol. The number of halogens is 1. The average Bonchev–Trinajstić information content (AvgIpc) is 2.46. The van der Waals surface area contributed by atoms with E-state index in [4.69, 9.17) is 15.6 Å². The van der Waals surface area contributed by atoms with E-state index in [0.717, 1.165) is 5.56 Å². The standard InChI is InChI=1S/C15H16FNO2/c16-14-4-2-1-3-13(14)15(9-17)19-12-7-5-11(10-18)6-8-12/h1-8,15,18H,9-10,17H2. The Balaban J connectivity index is 2.17. The van der Waals surface area contributed by atoms with E-state index in [0.29, 0.717) is 11.3 Å². The quantitative estimate of drug-likeness (QED) is 0.869. The Morgan fingerprint density at radius 3 is 2.37 bits per heavy atom. The van der Waals surface area contributed by atoms with E-state index in [-0.39, 0.29) is 19.0 Å². The van der Waals surface area contributed by atoms with E-state index in [9.17, 15) is 4.39 Å². The normalized spacial score (nSPS) is 12.2. The lowest BCUT2D eigenvalue weighted by molar-refractivity contribution is 0.208. The van der Waals surface area contributed by atoms with Gasteiger partial charge in [-0.3, -0.25) is 0 Å². The highest BCUT2D eigenvalue weighted by Gasteiger charge is 2.15. The van der Waals surface area contributed by atoms with E-state index in [1.54, 1.807) is 42.5 Å². The molecule has 0 spiro atoms. The molecule has 2 rings (SSSR count). The molecule has 1 unspecified atom stereocenters. The fraction of sp³-hybridized carbons (Fsp3) is 0.200. The third-order valence-electron chi connectivity index (χ3n) is 2.85. The molecule has 0 fully saturated rings. The lowest BCUT2D eigenvalue weighted by Gasteiger charge is -2.18. The van der Waals surface area contributed by atoms with Gasteiger partial charge < -0.3 is 15.6 Å². The molecular weight excluding hydrogens is 245 g/mol. The lowest BCUT2D eigenvalue weighted by atomic mass is 10.1. The highest BCUT2D eigenvalue weighted by atomic mass is 19.1. The molecule has 2 aromatic rings. The number of hydrogen-bond acceptors (Lipinski definition) is 3. The molecule has 4 heteroatoms. The van der Waals surface area contributed by atoms with Gasteiger partial charge in [-0.05, 0) is 23.8 Å². The van der Waals surface area contributed by atoms with Gasteiger partial charge in [-0.25, -0.2) is 4.39 Å². The van der Waals surface area contributed by atoms with Gasteiger partial charge in [-0.15, -0.1) is 0 Å². The second-order valence-electron chi connectivity index (χ2n) is 4.17. The maximum atomic E-state index is 13.7. The van der Waals surface area contributed by atoms with E-state index in [2.05, 4.69) is 0 Å². The molecule has 0 aliphatic rings. The van der Waals surface area contributed by atoms with Crippen LogP contribution < -0.4 is 10.5 Å².